The first-order valence-corrected chi connectivity index (χ1v) is 6.12. The number of nitrogens with two attached hydrogens (primary N) is 2. The maximum atomic E-state index is 11.9. The number of rotatable bonds is 7. The van der Waals surface area contributed by atoms with Gasteiger partial charge in [0.2, 0.25) is 5.95 Å². The molecule has 0 fully saturated rings. The predicted molar refractivity (Wildman–Crippen MR) is 72.0 cm³/mol. The number of alkyl halides is 3. The summed E-state index contributed by atoms with van der Waals surface area (Å²) in [5.74, 6) is -0.198. The molecule has 0 bridgehead atoms. The number of amidine groups is 1. The Morgan fingerprint density at radius 1 is 1.38 bits per heavy atom. The molecule has 0 aliphatic rings. The number of nitrogens with one attached hydrogen (secondary N) is 2. The van der Waals surface area contributed by atoms with Gasteiger partial charge in [-0.2, -0.15) is 13.2 Å². The minimum Gasteiger partial charge on any atom is -0.388 e. The van der Waals surface area contributed by atoms with Gasteiger partial charge in [-0.1, -0.05) is 0 Å². The Morgan fingerprint density at radius 2 is 2.10 bits per heavy atom. The second kappa shape index (κ2) is 7.45. The van der Waals surface area contributed by atoms with Crippen molar-refractivity contribution in [3.05, 3.63) is 6.33 Å². The second-order valence-electron chi connectivity index (χ2n) is 4.26. The lowest BCUT2D eigenvalue weighted by Gasteiger charge is -2.04. The van der Waals surface area contributed by atoms with Crippen LogP contribution in [-0.4, -0.2) is 39.3 Å². The molecule has 1 heterocycles. The average Bonchev–Trinajstić information content (AvgIpc) is 2.79. The van der Waals surface area contributed by atoms with Gasteiger partial charge in [0.05, 0.1) is 5.84 Å². The Hall–Kier alpha value is -2.33. The van der Waals surface area contributed by atoms with Crippen LogP contribution in [0.4, 0.5) is 19.1 Å². The van der Waals surface area contributed by atoms with Gasteiger partial charge in [0.25, 0.3) is 0 Å². The fourth-order valence-electron chi connectivity index (χ4n) is 1.38. The van der Waals surface area contributed by atoms with Crippen LogP contribution in [0.3, 0.4) is 0 Å². The summed E-state index contributed by atoms with van der Waals surface area (Å²) in [7, 11) is 0. The fraction of sp³-hybridized carbons (Fsp3) is 0.600. The number of hydrogen-bond acceptors (Lipinski definition) is 4. The number of aryl methyl sites for hydroxylation is 1. The summed E-state index contributed by atoms with van der Waals surface area (Å²) >= 11 is 0. The Kier molecular flexibility index (Phi) is 5.93. The molecule has 11 heteroatoms. The molecule has 0 radical (unpaired) electrons. The highest BCUT2D eigenvalue weighted by Gasteiger charge is 2.26. The van der Waals surface area contributed by atoms with Gasteiger partial charge in [0, 0.05) is 13.0 Å². The van der Waals surface area contributed by atoms with Crippen molar-refractivity contribution in [3.8, 4) is 0 Å². The number of unbranched alkanes of at least 4 members (excludes halogenated alkanes) is 1. The van der Waals surface area contributed by atoms with Crippen LogP contribution in [0.15, 0.2) is 11.3 Å². The van der Waals surface area contributed by atoms with Gasteiger partial charge in [0.15, 0.2) is 5.96 Å². The zero-order chi connectivity index (χ0) is 15.9. The van der Waals surface area contributed by atoms with E-state index < -0.39 is 18.7 Å². The van der Waals surface area contributed by atoms with E-state index in [9.17, 15) is 13.2 Å². The Bertz CT molecular complexity index is 493. The van der Waals surface area contributed by atoms with Crippen molar-refractivity contribution < 1.29 is 13.2 Å². The van der Waals surface area contributed by atoms with Crippen molar-refractivity contribution in [3.63, 3.8) is 0 Å². The minimum absolute atomic E-state index is 0.0741. The molecule has 1 aromatic heterocycles. The molecule has 1 rings (SSSR count). The van der Waals surface area contributed by atoms with E-state index in [1.165, 1.54) is 11.0 Å². The number of aromatic nitrogens is 3. The second-order valence-corrected chi connectivity index (χ2v) is 4.26. The van der Waals surface area contributed by atoms with Crippen LogP contribution in [0.2, 0.25) is 0 Å². The molecular weight excluding hydrogens is 289 g/mol. The van der Waals surface area contributed by atoms with E-state index in [1.807, 2.05) is 0 Å². The van der Waals surface area contributed by atoms with E-state index in [2.05, 4.69) is 20.4 Å². The molecule has 1 aromatic rings. The fourth-order valence-corrected chi connectivity index (χ4v) is 1.38. The van der Waals surface area contributed by atoms with Crippen LogP contribution in [0, 0.1) is 5.41 Å². The smallest absolute Gasteiger partial charge is 0.388 e. The molecular formula is C10H17F3N8. The zero-order valence-electron chi connectivity index (χ0n) is 11.2. The normalized spacial score (nSPS) is 12.4. The standard InChI is InChI=1S/C10H17F3N8/c11-10(12,13)5-17-8(16)19-9-18-6-21(20-9)4-2-1-3-7(14)15/h6H,1-5H2,(H3,14,15)(H3,16,17,19,20). The SMILES string of the molecule is N=C(N)CCCCn1cnc(NC(N)=NCC(F)(F)F)n1. The number of hydrogen-bond donors (Lipinski definition) is 4. The van der Waals surface area contributed by atoms with Crippen LogP contribution in [-0.2, 0) is 6.54 Å². The number of nitrogens with zero attached hydrogens (tertiary/aromatic N) is 4. The summed E-state index contributed by atoms with van der Waals surface area (Å²) in [4.78, 5) is 6.97. The van der Waals surface area contributed by atoms with E-state index >= 15 is 0 Å². The van der Waals surface area contributed by atoms with Crippen LogP contribution in [0.5, 0.6) is 0 Å². The third kappa shape index (κ3) is 7.74. The maximum absolute atomic E-state index is 11.9. The van der Waals surface area contributed by atoms with Crippen molar-refractivity contribution in [2.45, 2.75) is 32.0 Å². The molecule has 0 aromatic carbocycles. The molecule has 0 aliphatic heterocycles. The summed E-state index contributed by atoms with van der Waals surface area (Å²) in [5, 5.41) is 13.4. The maximum Gasteiger partial charge on any atom is 0.408 e. The van der Waals surface area contributed by atoms with Gasteiger partial charge in [-0.25, -0.2) is 9.98 Å². The highest BCUT2D eigenvalue weighted by Crippen LogP contribution is 2.14. The molecule has 8 nitrogen and oxygen atoms in total. The molecule has 0 saturated carbocycles. The average molecular weight is 306 g/mol. The molecule has 0 saturated heterocycles. The summed E-state index contributed by atoms with van der Waals surface area (Å²) in [6, 6.07) is 0. The lowest BCUT2D eigenvalue weighted by Crippen LogP contribution is -2.26. The number of halogens is 3. The van der Waals surface area contributed by atoms with Gasteiger partial charge < -0.3 is 11.5 Å². The summed E-state index contributed by atoms with van der Waals surface area (Å²) in [6.07, 6.45) is -0.979. The van der Waals surface area contributed by atoms with Crippen molar-refractivity contribution in [2.24, 2.45) is 16.5 Å². The minimum atomic E-state index is -4.41. The van der Waals surface area contributed by atoms with Crippen LogP contribution in [0.1, 0.15) is 19.3 Å². The third-order valence-corrected chi connectivity index (χ3v) is 2.29. The highest BCUT2D eigenvalue weighted by atomic mass is 19.4. The Labute approximate surface area is 118 Å². The van der Waals surface area contributed by atoms with Crippen molar-refractivity contribution in [1.29, 1.82) is 5.41 Å². The number of guanidine groups is 1. The first-order chi connectivity index (χ1) is 9.76. The van der Waals surface area contributed by atoms with Gasteiger partial charge in [-0.3, -0.25) is 15.4 Å². The quantitative estimate of drug-likeness (QED) is 0.334. The monoisotopic (exact) mass is 306 g/mol. The molecule has 0 unspecified atom stereocenters. The Balaban J connectivity index is 2.39. The zero-order valence-corrected chi connectivity index (χ0v) is 11.2. The molecule has 0 aliphatic carbocycles. The summed E-state index contributed by atoms with van der Waals surface area (Å²) in [5.41, 5.74) is 10.5. The van der Waals surface area contributed by atoms with E-state index in [1.54, 1.807) is 0 Å². The molecule has 6 N–H and O–H groups in total. The number of anilines is 1. The van der Waals surface area contributed by atoms with Crippen LogP contribution in [0.25, 0.3) is 0 Å². The van der Waals surface area contributed by atoms with E-state index in [0.29, 0.717) is 13.0 Å². The molecule has 0 spiro atoms. The largest absolute Gasteiger partial charge is 0.408 e. The van der Waals surface area contributed by atoms with Gasteiger partial charge in [-0.15, -0.1) is 5.10 Å². The van der Waals surface area contributed by atoms with Crippen LogP contribution < -0.4 is 16.8 Å². The highest BCUT2D eigenvalue weighted by molar-refractivity contribution is 5.90. The topological polar surface area (TPSA) is 131 Å². The molecule has 0 amide bonds. The summed E-state index contributed by atoms with van der Waals surface area (Å²) in [6.45, 7) is -0.806. The van der Waals surface area contributed by atoms with Gasteiger partial charge in [0.1, 0.15) is 12.9 Å². The van der Waals surface area contributed by atoms with E-state index in [0.717, 1.165) is 12.8 Å². The van der Waals surface area contributed by atoms with Gasteiger partial charge in [-0.05, 0) is 12.8 Å². The third-order valence-electron chi connectivity index (χ3n) is 2.29. The van der Waals surface area contributed by atoms with Crippen LogP contribution >= 0.6 is 0 Å². The number of aliphatic imine (C=N–C) groups is 1. The first-order valence-electron chi connectivity index (χ1n) is 6.12. The van der Waals surface area contributed by atoms with Crippen molar-refractivity contribution >= 4 is 17.7 Å². The van der Waals surface area contributed by atoms with E-state index in [4.69, 9.17) is 16.9 Å². The lowest BCUT2D eigenvalue weighted by atomic mass is 10.2. The van der Waals surface area contributed by atoms with Gasteiger partial charge >= 0.3 is 6.18 Å². The molecule has 21 heavy (non-hydrogen) atoms. The predicted octanol–water partition coefficient (Wildman–Crippen LogP) is 0.673. The Morgan fingerprint density at radius 3 is 2.71 bits per heavy atom. The molecule has 0 atom stereocenters. The summed E-state index contributed by atoms with van der Waals surface area (Å²) < 4.78 is 37.3. The lowest BCUT2D eigenvalue weighted by molar-refractivity contribution is -0.118. The first kappa shape index (κ1) is 16.7. The van der Waals surface area contributed by atoms with E-state index in [-0.39, 0.29) is 11.8 Å². The van der Waals surface area contributed by atoms with Crippen molar-refractivity contribution in [1.82, 2.24) is 14.8 Å². The van der Waals surface area contributed by atoms with Crippen molar-refractivity contribution in [2.75, 3.05) is 11.9 Å². The molecule has 118 valence electrons.